The van der Waals surface area contributed by atoms with Crippen LogP contribution in [-0.4, -0.2) is 46.5 Å². The Morgan fingerprint density at radius 3 is 2.63 bits per heavy atom. The molecule has 0 spiro atoms. The zero-order valence-electron chi connectivity index (χ0n) is 21.3. The standard InChI is InChI=1S/C31H30FN5O/c1-2-37-15-13-23(14-16-37)34-24-11-12-26-25(18-24)29(31(38)36-26)28(21-9-6-10-22(32)17-21)30-33-19-27(35-30)20-7-4-3-5-8-20/h3-12,17-19,23,34H,2,13-16H2,1H3,(H,33,35)(H,36,38). The van der Waals surface area contributed by atoms with Gasteiger partial charge in [0.25, 0.3) is 5.91 Å². The Morgan fingerprint density at radius 1 is 1.05 bits per heavy atom. The first-order chi connectivity index (χ1) is 18.6. The highest BCUT2D eigenvalue weighted by molar-refractivity contribution is 6.38. The number of H-pyrrole nitrogens is 1. The number of aromatic nitrogens is 2. The minimum absolute atomic E-state index is 0.231. The van der Waals surface area contributed by atoms with E-state index in [1.807, 2.05) is 60.8 Å². The number of anilines is 2. The summed E-state index contributed by atoms with van der Waals surface area (Å²) in [4.78, 5) is 24.0. The van der Waals surface area contributed by atoms with Crippen molar-refractivity contribution < 1.29 is 9.18 Å². The number of amides is 1. The number of aromatic amines is 1. The summed E-state index contributed by atoms with van der Waals surface area (Å²) >= 11 is 0. The maximum atomic E-state index is 14.4. The molecule has 7 heteroatoms. The summed E-state index contributed by atoms with van der Waals surface area (Å²) in [7, 11) is 0. The van der Waals surface area contributed by atoms with Crippen molar-refractivity contribution in [2.45, 2.75) is 25.8 Å². The predicted octanol–water partition coefficient (Wildman–Crippen LogP) is 6.02. The number of imidazole rings is 1. The van der Waals surface area contributed by atoms with Crippen molar-refractivity contribution >= 4 is 28.4 Å². The van der Waals surface area contributed by atoms with Gasteiger partial charge in [-0.25, -0.2) is 9.37 Å². The minimum Gasteiger partial charge on any atom is -0.382 e. The molecule has 1 fully saturated rings. The number of benzene rings is 3. The summed E-state index contributed by atoms with van der Waals surface area (Å²) in [5, 5.41) is 6.67. The Morgan fingerprint density at radius 2 is 1.87 bits per heavy atom. The van der Waals surface area contributed by atoms with Crippen molar-refractivity contribution in [1.29, 1.82) is 0 Å². The molecule has 0 atom stereocenters. The maximum absolute atomic E-state index is 14.4. The zero-order valence-corrected chi connectivity index (χ0v) is 21.3. The largest absolute Gasteiger partial charge is 0.382 e. The number of halogens is 1. The summed E-state index contributed by atoms with van der Waals surface area (Å²) in [5.74, 6) is -0.0917. The number of nitrogens with zero attached hydrogens (tertiary/aromatic N) is 2. The van der Waals surface area contributed by atoms with Crippen molar-refractivity contribution in [3.05, 3.63) is 102 Å². The van der Waals surface area contributed by atoms with E-state index in [0.717, 1.165) is 60.7 Å². The van der Waals surface area contributed by atoms with Crippen LogP contribution in [0, 0.1) is 5.82 Å². The van der Waals surface area contributed by atoms with Crippen molar-refractivity contribution in [2.24, 2.45) is 0 Å². The van der Waals surface area contributed by atoms with Crippen LogP contribution in [0.2, 0.25) is 0 Å². The first-order valence-corrected chi connectivity index (χ1v) is 13.1. The van der Waals surface area contributed by atoms with Gasteiger partial charge in [0.15, 0.2) is 0 Å². The quantitative estimate of drug-likeness (QED) is 0.279. The molecule has 0 aliphatic carbocycles. The Labute approximate surface area is 221 Å². The van der Waals surface area contributed by atoms with E-state index in [9.17, 15) is 9.18 Å². The van der Waals surface area contributed by atoms with Gasteiger partial charge in [-0.3, -0.25) is 4.79 Å². The molecule has 38 heavy (non-hydrogen) atoms. The number of carbonyl (C=O) groups excluding carboxylic acids is 1. The fourth-order valence-corrected chi connectivity index (χ4v) is 5.38. The van der Waals surface area contributed by atoms with E-state index >= 15 is 0 Å². The van der Waals surface area contributed by atoms with Gasteiger partial charge in [-0.15, -0.1) is 0 Å². The van der Waals surface area contributed by atoms with Gasteiger partial charge < -0.3 is 20.5 Å². The van der Waals surface area contributed by atoms with Gasteiger partial charge in [0.2, 0.25) is 0 Å². The number of rotatable bonds is 6. The second-order valence-corrected chi connectivity index (χ2v) is 9.83. The normalized spacial score (nSPS) is 17.3. The SMILES string of the molecule is CCN1CCC(Nc2ccc3c(c2)C(=C(c2cccc(F)c2)c2nc(-c4ccccc4)c[nH]2)C(=O)N3)CC1. The van der Waals surface area contributed by atoms with Crippen LogP contribution in [0.4, 0.5) is 15.8 Å². The molecule has 4 aromatic rings. The third-order valence-corrected chi connectivity index (χ3v) is 7.42. The van der Waals surface area contributed by atoms with Crippen LogP contribution in [0.25, 0.3) is 22.4 Å². The molecule has 1 saturated heterocycles. The van der Waals surface area contributed by atoms with Gasteiger partial charge in [0.05, 0.1) is 11.3 Å². The molecule has 6 nitrogen and oxygen atoms in total. The molecule has 3 aromatic carbocycles. The second kappa shape index (κ2) is 10.3. The van der Waals surface area contributed by atoms with E-state index in [1.165, 1.54) is 12.1 Å². The predicted molar refractivity (Wildman–Crippen MR) is 150 cm³/mol. The molecule has 3 heterocycles. The van der Waals surface area contributed by atoms with Gasteiger partial charge in [-0.2, -0.15) is 0 Å². The Kier molecular flexibility index (Phi) is 6.52. The molecule has 0 unspecified atom stereocenters. The minimum atomic E-state index is -0.372. The van der Waals surface area contributed by atoms with E-state index in [4.69, 9.17) is 4.98 Å². The summed E-state index contributed by atoms with van der Waals surface area (Å²) in [6.07, 6.45) is 3.97. The molecule has 1 amide bonds. The van der Waals surface area contributed by atoms with E-state index < -0.39 is 0 Å². The van der Waals surface area contributed by atoms with Crippen molar-refractivity contribution in [3.8, 4) is 11.3 Å². The number of nitrogens with one attached hydrogen (secondary N) is 3. The van der Waals surface area contributed by atoms with Gasteiger partial charge in [-0.1, -0.05) is 49.4 Å². The lowest BCUT2D eigenvalue weighted by atomic mass is 9.94. The summed E-state index contributed by atoms with van der Waals surface area (Å²) in [6, 6.07) is 22.5. The average Bonchev–Trinajstić information content (AvgIpc) is 3.55. The molecule has 6 rings (SSSR count). The lowest BCUT2D eigenvalue weighted by Gasteiger charge is -2.32. The van der Waals surface area contributed by atoms with E-state index in [0.29, 0.717) is 28.6 Å². The monoisotopic (exact) mass is 507 g/mol. The molecule has 2 aliphatic heterocycles. The molecule has 0 saturated carbocycles. The van der Waals surface area contributed by atoms with Crippen LogP contribution < -0.4 is 10.6 Å². The van der Waals surface area contributed by atoms with Crippen molar-refractivity contribution in [3.63, 3.8) is 0 Å². The van der Waals surface area contributed by atoms with Crippen LogP contribution in [0.3, 0.4) is 0 Å². The van der Waals surface area contributed by atoms with Gasteiger partial charge in [0, 0.05) is 53.4 Å². The third-order valence-electron chi connectivity index (χ3n) is 7.42. The Balaban J connectivity index is 1.43. The van der Waals surface area contributed by atoms with Crippen molar-refractivity contribution in [1.82, 2.24) is 14.9 Å². The lowest BCUT2D eigenvalue weighted by molar-refractivity contribution is -0.110. The number of fused-ring (bicyclic) bond motifs is 1. The molecule has 0 bridgehead atoms. The van der Waals surface area contributed by atoms with E-state index in [2.05, 4.69) is 27.4 Å². The number of piperidine rings is 1. The van der Waals surface area contributed by atoms with E-state index in [-0.39, 0.29) is 11.7 Å². The van der Waals surface area contributed by atoms with Crippen LogP contribution in [0.5, 0.6) is 0 Å². The highest BCUT2D eigenvalue weighted by Crippen LogP contribution is 2.41. The van der Waals surface area contributed by atoms with Crippen LogP contribution in [-0.2, 0) is 4.79 Å². The topological polar surface area (TPSA) is 73.0 Å². The van der Waals surface area contributed by atoms with Gasteiger partial charge >= 0.3 is 0 Å². The smallest absolute Gasteiger partial charge is 0.257 e. The molecule has 3 N–H and O–H groups in total. The van der Waals surface area contributed by atoms with Gasteiger partial charge in [-0.05, 0) is 55.3 Å². The Hall–Kier alpha value is -4.23. The second-order valence-electron chi connectivity index (χ2n) is 9.83. The highest BCUT2D eigenvalue weighted by atomic mass is 19.1. The van der Waals surface area contributed by atoms with E-state index in [1.54, 1.807) is 6.07 Å². The van der Waals surface area contributed by atoms with Crippen LogP contribution in [0.1, 0.15) is 36.7 Å². The molecule has 192 valence electrons. The van der Waals surface area contributed by atoms with Crippen LogP contribution in [0.15, 0.2) is 79.0 Å². The fourth-order valence-electron chi connectivity index (χ4n) is 5.38. The third kappa shape index (κ3) is 4.73. The maximum Gasteiger partial charge on any atom is 0.257 e. The summed E-state index contributed by atoms with van der Waals surface area (Å²) in [6.45, 7) is 5.44. The summed E-state index contributed by atoms with van der Waals surface area (Å²) in [5.41, 5.74) is 5.82. The fraction of sp³-hybridized carbons (Fsp3) is 0.226. The molecule has 0 radical (unpaired) electrons. The number of carbonyl (C=O) groups is 1. The molecule has 1 aromatic heterocycles. The number of likely N-dealkylation sites (tertiary alicyclic amines) is 1. The van der Waals surface area contributed by atoms with Gasteiger partial charge in [0.1, 0.15) is 11.6 Å². The number of hydrogen-bond acceptors (Lipinski definition) is 4. The lowest BCUT2D eigenvalue weighted by Crippen LogP contribution is -2.38. The Bertz CT molecular complexity index is 1500. The van der Waals surface area contributed by atoms with Crippen LogP contribution >= 0.6 is 0 Å². The molecule has 2 aliphatic rings. The highest BCUT2D eigenvalue weighted by Gasteiger charge is 2.31. The zero-order chi connectivity index (χ0) is 26.1. The van der Waals surface area contributed by atoms with Crippen molar-refractivity contribution in [2.75, 3.05) is 30.3 Å². The molecular formula is C31H30FN5O. The first-order valence-electron chi connectivity index (χ1n) is 13.1. The first kappa shape index (κ1) is 24.1. The average molecular weight is 508 g/mol. The summed E-state index contributed by atoms with van der Waals surface area (Å²) < 4.78 is 14.4. The molecular weight excluding hydrogens is 477 g/mol. The number of hydrogen-bond donors (Lipinski definition) is 3.